The van der Waals surface area contributed by atoms with Gasteiger partial charge in [0.25, 0.3) is 0 Å². The van der Waals surface area contributed by atoms with Crippen LogP contribution in [-0.2, 0) is 6.54 Å². The summed E-state index contributed by atoms with van der Waals surface area (Å²) in [6, 6.07) is 16.4. The van der Waals surface area contributed by atoms with Gasteiger partial charge >= 0.3 is 0 Å². The summed E-state index contributed by atoms with van der Waals surface area (Å²) >= 11 is 0. The van der Waals surface area contributed by atoms with Gasteiger partial charge in [0.2, 0.25) is 5.95 Å². The van der Waals surface area contributed by atoms with E-state index in [4.69, 9.17) is 0 Å². The van der Waals surface area contributed by atoms with Crippen molar-refractivity contribution in [1.29, 1.82) is 5.26 Å². The van der Waals surface area contributed by atoms with Gasteiger partial charge in [-0.05, 0) is 23.8 Å². The van der Waals surface area contributed by atoms with Gasteiger partial charge in [-0.3, -0.25) is 4.98 Å². The van der Waals surface area contributed by atoms with Crippen LogP contribution in [-0.4, -0.2) is 59.4 Å². The van der Waals surface area contributed by atoms with Crippen LogP contribution < -0.4 is 20.4 Å². The summed E-state index contributed by atoms with van der Waals surface area (Å²) < 4.78 is 0. The molecule has 4 rings (SSSR count). The molecule has 0 atom stereocenters. The molecule has 1 aliphatic rings. The molecule has 0 radical (unpaired) electrons. The minimum atomic E-state index is -0.0571. The molecule has 0 bridgehead atoms. The SMILES string of the molecule is N#Cc1c(NCCO)nc(NCc2cccnc2)nc1N1CCN(c2ccccc2)CC1. The van der Waals surface area contributed by atoms with E-state index in [0.29, 0.717) is 36.2 Å². The Morgan fingerprint density at radius 3 is 2.44 bits per heavy atom. The Morgan fingerprint density at radius 1 is 0.969 bits per heavy atom. The van der Waals surface area contributed by atoms with Gasteiger partial charge in [-0.1, -0.05) is 24.3 Å². The number of hydrogen-bond acceptors (Lipinski definition) is 9. The van der Waals surface area contributed by atoms with E-state index in [9.17, 15) is 10.4 Å². The van der Waals surface area contributed by atoms with E-state index < -0.39 is 0 Å². The second-order valence-corrected chi connectivity index (χ2v) is 7.38. The molecule has 3 N–H and O–H groups in total. The van der Waals surface area contributed by atoms with E-state index in [1.807, 2.05) is 30.3 Å². The van der Waals surface area contributed by atoms with E-state index in [1.54, 1.807) is 12.4 Å². The molecule has 0 spiro atoms. The van der Waals surface area contributed by atoms with Gasteiger partial charge in [-0.15, -0.1) is 0 Å². The number of benzene rings is 1. The number of aliphatic hydroxyl groups is 1. The number of nitrogens with one attached hydrogen (secondary N) is 2. The van der Waals surface area contributed by atoms with Crippen LogP contribution in [0.3, 0.4) is 0 Å². The largest absolute Gasteiger partial charge is 0.395 e. The van der Waals surface area contributed by atoms with Crippen molar-refractivity contribution in [2.45, 2.75) is 6.54 Å². The van der Waals surface area contributed by atoms with Crippen LogP contribution >= 0.6 is 0 Å². The molecule has 1 fully saturated rings. The number of nitrogens with zero attached hydrogens (tertiary/aromatic N) is 6. The lowest BCUT2D eigenvalue weighted by molar-refractivity contribution is 0.311. The monoisotopic (exact) mass is 430 g/mol. The van der Waals surface area contributed by atoms with E-state index in [0.717, 1.165) is 31.7 Å². The molecule has 32 heavy (non-hydrogen) atoms. The van der Waals surface area contributed by atoms with Crippen molar-refractivity contribution in [2.75, 3.05) is 59.8 Å². The summed E-state index contributed by atoms with van der Waals surface area (Å²) in [7, 11) is 0. The number of hydrogen-bond donors (Lipinski definition) is 3. The fourth-order valence-corrected chi connectivity index (χ4v) is 3.66. The average molecular weight is 431 g/mol. The first-order chi connectivity index (χ1) is 15.8. The molecule has 2 aromatic heterocycles. The third-order valence-electron chi connectivity index (χ3n) is 5.28. The van der Waals surface area contributed by atoms with Gasteiger partial charge in [-0.25, -0.2) is 0 Å². The molecule has 1 aliphatic heterocycles. The van der Waals surface area contributed by atoms with E-state index in [1.165, 1.54) is 5.69 Å². The normalized spacial score (nSPS) is 13.5. The number of nitriles is 1. The molecule has 164 valence electrons. The predicted molar refractivity (Wildman–Crippen MR) is 125 cm³/mol. The van der Waals surface area contributed by atoms with Crippen LogP contribution in [0.15, 0.2) is 54.9 Å². The summed E-state index contributed by atoms with van der Waals surface area (Å²) in [5.74, 6) is 1.45. The van der Waals surface area contributed by atoms with E-state index in [2.05, 4.69) is 53.6 Å². The molecular formula is C23H26N8O. The molecule has 3 aromatic rings. The van der Waals surface area contributed by atoms with Gasteiger partial charge < -0.3 is 25.5 Å². The highest BCUT2D eigenvalue weighted by Gasteiger charge is 2.24. The summed E-state index contributed by atoms with van der Waals surface area (Å²) in [4.78, 5) is 17.8. The Hall–Kier alpha value is -3.90. The molecule has 0 amide bonds. The van der Waals surface area contributed by atoms with Crippen molar-refractivity contribution in [2.24, 2.45) is 0 Å². The highest BCUT2D eigenvalue weighted by atomic mass is 16.3. The van der Waals surface area contributed by atoms with Crippen molar-refractivity contribution in [1.82, 2.24) is 15.0 Å². The van der Waals surface area contributed by atoms with Gasteiger partial charge in [-0.2, -0.15) is 15.2 Å². The number of pyridine rings is 1. The smallest absolute Gasteiger partial charge is 0.226 e. The zero-order chi connectivity index (χ0) is 22.2. The summed E-state index contributed by atoms with van der Waals surface area (Å²) in [5.41, 5.74) is 2.58. The maximum absolute atomic E-state index is 9.86. The van der Waals surface area contributed by atoms with Crippen LogP contribution in [0.5, 0.6) is 0 Å². The Bertz CT molecular complexity index is 1050. The highest BCUT2D eigenvalue weighted by molar-refractivity contribution is 5.68. The lowest BCUT2D eigenvalue weighted by atomic mass is 10.2. The van der Waals surface area contributed by atoms with Crippen LogP contribution in [0.2, 0.25) is 0 Å². The molecule has 1 aromatic carbocycles. The third kappa shape index (κ3) is 5.04. The van der Waals surface area contributed by atoms with Crippen LogP contribution in [0.25, 0.3) is 0 Å². The standard InChI is InChI=1S/C23H26N8O/c24-15-20-21(26-9-14-32)28-23(27-17-18-5-4-8-25-16-18)29-22(20)31-12-10-30(11-13-31)19-6-2-1-3-7-19/h1-8,16,32H,9-14,17H2,(H2,26,27,28,29). The molecular weight excluding hydrogens is 404 g/mol. The van der Waals surface area contributed by atoms with Crippen LogP contribution in [0.1, 0.15) is 11.1 Å². The number of aromatic nitrogens is 3. The first kappa shape index (κ1) is 21.3. The highest BCUT2D eigenvalue weighted by Crippen LogP contribution is 2.27. The number of para-hydroxylation sites is 1. The number of piperazine rings is 1. The van der Waals surface area contributed by atoms with Gasteiger partial charge in [0.1, 0.15) is 11.6 Å². The number of rotatable bonds is 8. The molecule has 0 unspecified atom stereocenters. The number of aliphatic hydroxyl groups excluding tert-OH is 1. The van der Waals surface area contributed by atoms with Gasteiger partial charge in [0.05, 0.1) is 6.61 Å². The first-order valence-electron chi connectivity index (χ1n) is 10.6. The molecule has 1 saturated heterocycles. The molecule has 9 nitrogen and oxygen atoms in total. The Labute approximate surface area is 187 Å². The quantitative estimate of drug-likeness (QED) is 0.494. The van der Waals surface area contributed by atoms with E-state index >= 15 is 0 Å². The fourth-order valence-electron chi connectivity index (χ4n) is 3.66. The molecule has 3 heterocycles. The Morgan fingerprint density at radius 2 is 1.75 bits per heavy atom. The first-order valence-corrected chi connectivity index (χ1v) is 10.6. The number of anilines is 4. The zero-order valence-electron chi connectivity index (χ0n) is 17.8. The lowest BCUT2D eigenvalue weighted by Crippen LogP contribution is -2.47. The van der Waals surface area contributed by atoms with Crippen molar-refractivity contribution < 1.29 is 5.11 Å². The second-order valence-electron chi connectivity index (χ2n) is 7.38. The third-order valence-corrected chi connectivity index (χ3v) is 5.28. The second kappa shape index (κ2) is 10.4. The maximum atomic E-state index is 9.86. The van der Waals surface area contributed by atoms with Gasteiger partial charge in [0.15, 0.2) is 11.6 Å². The topological polar surface area (TPSA) is 113 Å². The summed E-state index contributed by atoms with van der Waals surface area (Å²) in [6.07, 6.45) is 3.51. The van der Waals surface area contributed by atoms with Crippen molar-refractivity contribution in [3.8, 4) is 6.07 Å². The van der Waals surface area contributed by atoms with Crippen molar-refractivity contribution >= 4 is 23.3 Å². The van der Waals surface area contributed by atoms with Gasteiger partial charge in [0, 0.05) is 57.3 Å². The fraction of sp³-hybridized carbons (Fsp3) is 0.304. The summed E-state index contributed by atoms with van der Waals surface area (Å²) in [6.45, 7) is 3.89. The Balaban J connectivity index is 1.56. The predicted octanol–water partition coefficient (Wildman–Crippen LogP) is 2.09. The zero-order valence-corrected chi connectivity index (χ0v) is 17.8. The molecule has 9 heteroatoms. The van der Waals surface area contributed by atoms with Crippen LogP contribution in [0, 0.1) is 11.3 Å². The van der Waals surface area contributed by atoms with Crippen molar-refractivity contribution in [3.63, 3.8) is 0 Å². The van der Waals surface area contributed by atoms with E-state index in [-0.39, 0.29) is 6.61 Å². The Kier molecular flexibility index (Phi) is 6.94. The van der Waals surface area contributed by atoms with Crippen LogP contribution in [0.4, 0.5) is 23.3 Å². The minimum absolute atomic E-state index is 0.0571. The average Bonchev–Trinajstić information content (AvgIpc) is 2.87. The lowest BCUT2D eigenvalue weighted by Gasteiger charge is -2.37. The summed E-state index contributed by atoms with van der Waals surface area (Å²) in [5, 5.41) is 25.4. The molecule has 0 saturated carbocycles. The molecule has 0 aliphatic carbocycles. The van der Waals surface area contributed by atoms with Crippen molar-refractivity contribution in [3.05, 3.63) is 66.0 Å². The maximum Gasteiger partial charge on any atom is 0.226 e. The minimum Gasteiger partial charge on any atom is -0.395 e.